The van der Waals surface area contributed by atoms with Gasteiger partial charge in [-0.15, -0.1) is 10.2 Å². The number of benzene rings is 3. The van der Waals surface area contributed by atoms with E-state index in [4.69, 9.17) is 5.10 Å². The molecule has 0 spiro atoms. The minimum absolute atomic E-state index is 0.233. The van der Waals surface area contributed by atoms with E-state index in [2.05, 4.69) is 56.7 Å². The van der Waals surface area contributed by atoms with E-state index in [0.29, 0.717) is 37.0 Å². The second-order valence-electron chi connectivity index (χ2n) is 8.93. The summed E-state index contributed by atoms with van der Waals surface area (Å²) in [6.45, 7) is 5.84. The molecule has 0 atom stereocenters. The third-order valence-corrected chi connectivity index (χ3v) is 6.44. The van der Waals surface area contributed by atoms with Crippen molar-refractivity contribution in [1.29, 1.82) is 0 Å². The number of carbonyl (C=O) groups is 1. The Hall–Kier alpha value is -4.79. The highest BCUT2D eigenvalue weighted by Crippen LogP contribution is 2.33. The molecule has 0 amide bonds. The Labute approximate surface area is 220 Å². The zero-order valence-electron chi connectivity index (χ0n) is 21.4. The number of tetrazole rings is 1. The fourth-order valence-electron chi connectivity index (χ4n) is 4.73. The third-order valence-electron chi connectivity index (χ3n) is 6.44. The summed E-state index contributed by atoms with van der Waals surface area (Å²) in [7, 11) is 0. The summed E-state index contributed by atoms with van der Waals surface area (Å²) in [4.78, 5) is 14.6. The van der Waals surface area contributed by atoms with Crippen molar-refractivity contribution in [1.82, 2.24) is 30.4 Å². The van der Waals surface area contributed by atoms with Gasteiger partial charge in [-0.05, 0) is 35.2 Å². The number of rotatable bonds is 10. The molecule has 0 fully saturated rings. The Balaban J connectivity index is 1.49. The first-order valence-electron chi connectivity index (χ1n) is 12.7. The van der Waals surface area contributed by atoms with E-state index in [9.17, 15) is 9.90 Å². The summed E-state index contributed by atoms with van der Waals surface area (Å²) >= 11 is 0. The second-order valence-corrected chi connectivity index (χ2v) is 8.93. The summed E-state index contributed by atoms with van der Waals surface area (Å²) < 4.78 is 1.79. The minimum atomic E-state index is -0.979. The van der Waals surface area contributed by atoms with Gasteiger partial charge in [0, 0.05) is 30.8 Å². The smallest absolute Gasteiger partial charge is 0.341 e. The lowest BCUT2D eigenvalue weighted by Gasteiger charge is -2.23. The molecule has 0 saturated carbocycles. The summed E-state index contributed by atoms with van der Waals surface area (Å²) in [5.74, 6) is 0.0559. The summed E-state index contributed by atoms with van der Waals surface area (Å²) in [6.07, 6.45) is 0.856. The van der Waals surface area contributed by atoms with Gasteiger partial charge in [-0.2, -0.15) is 10.3 Å². The van der Waals surface area contributed by atoms with Crippen molar-refractivity contribution in [2.75, 3.05) is 11.4 Å². The highest BCUT2D eigenvalue weighted by molar-refractivity contribution is 6.00. The molecule has 3 aromatic carbocycles. The van der Waals surface area contributed by atoms with E-state index < -0.39 is 5.97 Å². The topological polar surface area (TPSA) is 113 Å². The highest BCUT2D eigenvalue weighted by Gasteiger charge is 2.27. The van der Waals surface area contributed by atoms with Crippen LogP contribution in [0.3, 0.4) is 0 Å². The zero-order chi connectivity index (χ0) is 26.5. The van der Waals surface area contributed by atoms with Crippen LogP contribution >= 0.6 is 0 Å². The van der Waals surface area contributed by atoms with Crippen LogP contribution in [-0.4, -0.2) is 48.0 Å². The molecular weight excluding hydrogens is 478 g/mol. The molecule has 9 heteroatoms. The van der Waals surface area contributed by atoms with Gasteiger partial charge in [0.15, 0.2) is 5.82 Å². The van der Waals surface area contributed by atoms with Crippen molar-refractivity contribution in [2.45, 2.75) is 33.4 Å². The number of carboxylic acid groups (broad SMARTS) is 1. The molecule has 2 heterocycles. The van der Waals surface area contributed by atoms with Gasteiger partial charge in [0.25, 0.3) is 0 Å². The molecule has 192 valence electrons. The van der Waals surface area contributed by atoms with Crippen molar-refractivity contribution >= 4 is 11.8 Å². The fraction of sp³-hybridized carbons (Fsp3) is 0.207. The van der Waals surface area contributed by atoms with E-state index >= 15 is 0 Å². The predicted molar refractivity (Wildman–Crippen MR) is 147 cm³/mol. The number of aromatic amines is 1. The summed E-state index contributed by atoms with van der Waals surface area (Å²) in [5, 5.41) is 29.5. The number of anilines is 1. The number of H-pyrrole nitrogens is 1. The maximum absolute atomic E-state index is 12.5. The first-order valence-corrected chi connectivity index (χ1v) is 12.7. The maximum atomic E-state index is 12.5. The molecule has 0 radical (unpaired) electrons. The summed E-state index contributed by atoms with van der Waals surface area (Å²) in [6, 6.07) is 25.8. The lowest BCUT2D eigenvalue weighted by molar-refractivity contribution is 0.0698. The average molecular weight is 508 g/mol. The molecule has 0 aliphatic carbocycles. The normalized spacial score (nSPS) is 11.0. The van der Waals surface area contributed by atoms with Crippen molar-refractivity contribution < 1.29 is 9.90 Å². The molecule has 2 aromatic heterocycles. The molecular formula is C29H29N7O2. The number of aromatic carboxylic acids is 1. The molecule has 0 saturated heterocycles. The van der Waals surface area contributed by atoms with Gasteiger partial charge in [0.1, 0.15) is 5.56 Å². The van der Waals surface area contributed by atoms with Crippen LogP contribution in [-0.2, 0) is 13.1 Å². The Bertz CT molecular complexity index is 1510. The molecule has 0 unspecified atom stereocenters. The predicted octanol–water partition coefficient (Wildman–Crippen LogP) is 5.53. The number of aromatic nitrogens is 6. The average Bonchev–Trinajstić information content (AvgIpc) is 3.62. The molecule has 0 aliphatic rings. The minimum Gasteiger partial charge on any atom is -0.477 e. The quantitative estimate of drug-likeness (QED) is 0.255. The van der Waals surface area contributed by atoms with Crippen LogP contribution in [0.5, 0.6) is 0 Å². The van der Waals surface area contributed by atoms with Gasteiger partial charge >= 0.3 is 5.97 Å². The Morgan fingerprint density at radius 2 is 1.63 bits per heavy atom. The Morgan fingerprint density at radius 1 is 0.921 bits per heavy atom. The SMILES string of the molecule is CCCN(Cc1ccc(-c2ccccc2-c2nn[nH]n2)cc1)c1nn(CC)c(-c2ccccc2)c1C(=O)O. The maximum Gasteiger partial charge on any atom is 0.341 e. The Morgan fingerprint density at radius 3 is 2.26 bits per heavy atom. The molecule has 5 aromatic rings. The lowest BCUT2D eigenvalue weighted by atomic mass is 9.98. The number of aryl methyl sites for hydroxylation is 1. The Kier molecular flexibility index (Phi) is 7.26. The number of nitrogens with one attached hydrogen (secondary N) is 1. The molecule has 5 rings (SSSR count). The second kappa shape index (κ2) is 11.1. The van der Waals surface area contributed by atoms with E-state index in [-0.39, 0.29) is 5.56 Å². The largest absolute Gasteiger partial charge is 0.477 e. The molecule has 0 aliphatic heterocycles. The first-order chi connectivity index (χ1) is 18.6. The van der Waals surface area contributed by atoms with Crippen molar-refractivity contribution in [3.8, 4) is 33.8 Å². The van der Waals surface area contributed by atoms with E-state index in [1.807, 2.05) is 61.5 Å². The van der Waals surface area contributed by atoms with E-state index in [1.165, 1.54) is 0 Å². The van der Waals surface area contributed by atoms with Gasteiger partial charge in [-0.25, -0.2) is 4.79 Å². The van der Waals surface area contributed by atoms with Crippen molar-refractivity contribution in [3.05, 3.63) is 90.0 Å². The monoisotopic (exact) mass is 507 g/mol. The number of carboxylic acids is 1. The summed E-state index contributed by atoms with van der Waals surface area (Å²) in [5.41, 5.74) is 5.69. The van der Waals surface area contributed by atoms with Crippen LogP contribution in [0.4, 0.5) is 5.82 Å². The van der Waals surface area contributed by atoms with Crippen molar-refractivity contribution in [3.63, 3.8) is 0 Å². The van der Waals surface area contributed by atoms with Crippen LogP contribution in [0.25, 0.3) is 33.8 Å². The van der Waals surface area contributed by atoms with Gasteiger partial charge in [0.05, 0.1) is 5.69 Å². The number of hydrogen-bond acceptors (Lipinski definition) is 6. The van der Waals surface area contributed by atoms with Crippen LogP contribution in [0.1, 0.15) is 36.2 Å². The lowest BCUT2D eigenvalue weighted by Crippen LogP contribution is -2.25. The third kappa shape index (κ3) is 4.90. The van der Waals surface area contributed by atoms with E-state index in [0.717, 1.165) is 34.2 Å². The van der Waals surface area contributed by atoms with Crippen molar-refractivity contribution in [2.24, 2.45) is 0 Å². The van der Waals surface area contributed by atoms with Crippen LogP contribution < -0.4 is 4.90 Å². The first kappa shape index (κ1) is 24.9. The van der Waals surface area contributed by atoms with Crippen LogP contribution in [0.2, 0.25) is 0 Å². The zero-order valence-corrected chi connectivity index (χ0v) is 21.4. The molecule has 38 heavy (non-hydrogen) atoms. The molecule has 9 nitrogen and oxygen atoms in total. The van der Waals surface area contributed by atoms with Gasteiger partial charge in [0.2, 0.25) is 5.82 Å². The van der Waals surface area contributed by atoms with E-state index in [1.54, 1.807) is 4.68 Å². The molecule has 2 N–H and O–H groups in total. The van der Waals surface area contributed by atoms with Gasteiger partial charge < -0.3 is 10.0 Å². The van der Waals surface area contributed by atoms with Crippen LogP contribution in [0, 0.1) is 0 Å². The molecule has 0 bridgehead atoms. The van der Waals surface area contributed by atoms with Crippen LogP contribution in [0.15, 0.2) is 78.9 Å². The van der Waals surface area contributed by atoms with Gasteiger partial charge in [-0.3, -0.25) is 4.68 Å². The standard InChI is InChI=1S/C29H29N7O2/c1-3-18-35(28-25(29(37)38)26(36(4-2)32-28)22-10-6-5-7-11-22)19-20-14-16-21(17-15-20)23-12-8-9-13-24(23)27-30-33-34-31-27/h5-17H,3-4,18-19H2,1-2H3,(H,37,38)(H,30,31,33,34). The van der Waals surface area contributed by atoms with Gasteiger partial charge in [-0.1, -0.05) is 85.8 Å². The number of hydrogen-bond donors (Lipinski definition) is 2. The highest BCUT2D eigenvalue weighted by atomic mass is 16.4. The fourth-order valence-corrected chi connectivity index (χ4v) is 4.73. The number of nitrogens with zero attached hydrogens (tertiary/aromatic N) is 6.